The predicted octanol–water partition coefficient (Wildman–Crippen LogP) is 3.49. The largest absolute Gasteiger partial charge is 0.297 e. The Labute approximate surface area is 110 Å². The van der Waals surface area contributed by atoms with Gasteiger partial charge in [-0.3, -0.25) is 4.18 Å². The number of hydrogen-bond donors (Lipinski definition) is 0. The summed E-state index contributed by atoms with van der Waals surface area (Å²) in [4.78, 5) is 0.257. The summed E-state index contributed by atoms with van der Waals surface area (Å²) in [5, 5.41) is 0. The molecule has 1 aromatic rings. The maximum absolute atomic E-state index is 12.3. The Balaban J connectivity index is 3.35. The molecule has 0 aliphatic rings. The topological polar surface area (TPSA) is 43.4 Å². The van der Waals surface area contributed by atoms with Gasteiger partial charge in [-0.25, -0.2) is 0 Å². The van der Waals surface area contributed by atoms with E-state index in [0.29, 0.717) is 0 Å². The van der Waals surface area contributed by atoms with Crippen LogP contribution in [0.5, 0.6) is 0 Å². The monoisotopic (exact) mass is 270 g/mol. The summed E-state index contributed by atoms with van der Waals surface area (Å²) in [6.45, 7) is 11.1. The molecule has 1 aromatic carbocycles. The molecular weight excluding hydrogens is 248 g/mol. The average Bonchev–Trinajstić information content (AvgIpc) is 2.12. The van der Waals surface area contributed by atoms with Crippen molar-refractivity contribution in [3.63, 3.8) is 0 Å². The van der Waals surface area contributed by atoms with Gasteiger partial charge in [-0.15, -0.1) is 0 Å². The van der Waals surface area contributed by atoms with Crippen LogP contribution in [-0.4, -0.2) is 14.0 Å². The van der Waals surface area contributed by atoms with E-state index in [0.717, 1.165) is 5.56 Å². The van der Waals surface area contributed by atoms with E-state index < -0.39 is 15.7 Å². The summed E-state index contributed by atoms with van der Waals surface area (Å²) < 4.78 is 29.8. The molecule has 0 spiro atoms. The Morgan fingerprint density at radius 3 is 1.89 bits per heavy atom. The molecular formula is C14H22O3S. The summed E-state index contributed by atoms with van der Waals surface area (Å²) >= 11 is 0. The average molecular weight is 270 g/mol. The summed E-state index contributed by atoms with van der Waals surface area (Å²) in [6.07, 6.45) is 0. The van der Waals surface area contributed by atoms with Crippen LogP contribution in [0, 0.1) is 0 Å². The second-order valence-electron chi connectivity index (χ2n) is 6.40. The summed E-state index contributed by atoms with van der Waals surface area (Å²) in [5.74, 6) is 0. The van der Waals surface area contributed by atoms with E-state index >= 15 is 0 Å². The maximum Gasteiger partial charge on any atom is 0.297 e. The first-order chi connectivity index (χ1) is 7.93. The molecule has 102 valence electrons. The number of benzene rings is 1. The molecule has 0 bridgehead atoms. The number of hydrogen-bond acceptors (Lipinski definition) is 3. The van der Waals surface area contributed by atoms with Gasteiger partial charge in [0.05, 0.1) is 10.5 Å². The van der Waals surface area contributed by atoms with Crippen LogP contribution in [0.2, 0.25) is 0 Å². The molecule has 0 radical (unpaired) electrons. The zero-order chi connectivity index (χ0) is 14.2. The van der Waals surface area contributed by atoms with Crippen molar-refractivity contribution in [3.05, 3.63) is 29.8 Å². The molecule has 0 unspecified atom stereocenters. The Morgan fingerprint density at radius 1 is 0.944 bits per heavy atom. The van der Waals surface area contributed by atoms with Crippen LogP contribution in [0.3, 0.4) is 0 Å². The van der Waals surface area contributed by atoms with Crippen LogP contribution in [0.4, 0.5) is 0 Å². The lowest BCUT2D eigenvalue weighted by molar-refractivity contribution is 0.139. The Hall–Kier alpha value is -0.870. The van der Waals surface area contributed by atoms with Crippen LogP contribution in [-0.2, 0) is 19.7 Å². The van der Waals surface area contributed by atoms with Gasteiger partial charge in [-0.1, -0.05) is 39.0 Å². The third kappa shape index (κ3) is 3.82. The summed E-state index contributed by atoms with van der Waals surface area (Å²) in [6, 6.07) is 6.99. The van der Waals surface area contributed by atoms with Gasteiger partial charge < -0.3 is 0 Å². The highest BCUT2D eigenvalue weighted by molar-refractivity contribution is 7.86. The fourth-order valence-corrected chi connectivity index (χ4v) is 3.32. The minimum atomic E-state index is -3.73. The standard InChI is InChI=1S/C14H22O3S/c1-13(2,3)11-9-7-8-10-12(11)18(15,16)17-14(4,5)6/h7-10H,1-6H3. The lowest BCUT2D eigenvalue weighted by atomic mass is 9.87. The van der Waals surface area contributed by atoms with Crippen LogP contribution in [0.25, 0.3) is 0 Å². The van der Waals surface area contributed by atoms with Gasteiger partial charge in [0.15, 0.2) is 0 Å². The lowest BCUT2D eigenvalue weighted by Crippen LogP contribution is -2.26. The van der Waals surface area contributed by atoms with Gasteiger partial charge in [0, 0.05) is 0 Å². The van der Waals surface area contributed by atoms with Gasteiger partial charge in [0.2, 0.25) is 0 Å². The molecule has 0 atom stereocenters. The van der Waals surface area contributed by atoms with E-state index in [-0.39, 0.29) is 10.3 Å². The minimum absolute atomic E-state index is 0.245. The van der Waals surface area contributed by atoms with Crippen molar-refractivity contribution in [2.75, 3.05) is 0 Å². The smallest absolute Gasteiger partial charge is 0.261 e. The van der Waals surface area contributed by atoms with Gasteiger partial charge in [-0.05, 0) is 37.8 Å². The van der Waals surface area contributed by atoms with Crippen molar-refractivity contribution >= 4 is 10.1 Å². The minimum Gasteiger partial charge on any atom is -0.261 e. The molecule has 0 saturated heterocycles. The quantitative estimate of drug-likeness (QED) is 0.773. The molecule has 3 nitrogen and oxygen atoms in total. The van der Waals surface area contributed by atoms with Crippen molar-refractivity contribution in [1.29, 1.82) is 0 Å². The highest BCUT2D eigenvalue weighted by Crippen LogP contribution is 2.31. The molecule has 0 fully saturated rings. The SMILES string of the molecule is CC(C)(C)OS(=O)(=O)c1ccccc1C(C)(C)C. The fourth-order valence-electron chi connectivity index (χ4n) is 1.68. The number of rotatable bonds is 2. The predicted molar refractivity (Wildman–Crippen MR) is 73.2 cm³/mol. The molecule has 0 aliphatic heterocycles. The molecule has 0 amide bonds. The molecule has 0 saturated carbocycles. The van der Waals surface area contributed by atoms with E-state index in [1.165, 1.54) is 0 Å². The highest BCUT2D eigenvalue weighted by atomic mass is 32.2. The zero-order valence-corrected chi connectivity index (χ0v) is 12.8. The van der Waals surface area contributed by atoms with Crippen molar-refractivity contribution in [3.8, 4) is 0 Å². The first-order valence-electron chi connectivity index (χ1n) is 5.99. The van der Waals surface area contributed by atoms with Crippen molar-refractivity contribution in [1.82, 2.24) is 0 Å². The summed E-state index contributed by atoms with van der Waals surface area (Å²) in [7, 11) is -3.73. The van der Waals surface area contributed by atoms with Crippen LogP contribution >= 0.6 is 0 Å². The molecule has 4 heteroatoms. The molecule has 18 heavy (non-hydrogen) atoms. The summed E-state index contributed by atoms with van der Waals surface area (Å²) in [5.41, 5.74) is -0.205. The van der Waals surface area contributed by atoms with Gasteiger partial charge in [0.1, 0.15) is 0 Å². The lowest BCUT2D eigenvalue weighted by Gasteiger charge is -2.25. The normalized spacial score (nSPS) is 13.7. The van der Waals surface area contributed by atoms with E-state index in [2.05, 4.69) is 0 Å². The third-order valence-electron chi connectivity index (χ3n) is 2.32. The first-order valence-corrected chi connectivity index (χ1v) is 7.39. The Morgan fingerprint density at radius 2 is 1.44 bits per heavy atom. The van der Waals surface area contributed by atoms with Gasteiger partial charge in [0.25, 0.3) is 10.1 Å². The van der Waals surface area contributed by atoms with Crippen LogP contribution in [0.15, 0.2) is 29.2 Å². The van der Waals surface area contributed by atoms with Crippen LogP contribution in [0.1, 0.15) is 47.1 Å². The fraction of sp³-hybridized carbons (Fsp3) is 0.571. The van der Waals surface area contributed by atoms with E-state index in [9.17, 15) is 8.42 Å². The van der Waals surface area contributed by atoms with Gasteiger partial charge >= 0.3 is 0 Å². The maximum atomic E-state index is 12.3. The van der Waals surface area contributed by atoms with Crippen molar-refractivity contribution in [2.45, 2.75) is 57.5 Å². The second kappa shape index (κ2) is 4.67. The molecule has 0 aliphatic carbocycles. The second-order valence-corrected chi connectivity index (χ2v) is 7.91. The van der Waals surface area contributed by atoms with E-state index in [1.807, 2.05) is 32.9 Å². The zero-order valence-electron chi connectivity index (χ0n) is 11.9. The van der Waals surface area contributed by atoms with Crippen molar-refractivity contribution < 1.29 is 12.6 Å². The highest BCUT2D eigenvalue weighted by Gasteiger charge is 2.29. The molecule has 0 aromatic heterocycles. The molecule has 0 heterocycles. The molecule has 0 N–H and O–H groups in total. The van der Waals surface area contributed by atoms with Crippen LogP contribution < -0.4 is 0 Å². The Bertz CT molecular complexity index is 517. The third-order valence-corrected chi connectivity index (χ3v) is 3.94. The Kier molecular flexibility index (Phi) is 3.94. The van der Waals surface area contributed by atoms with Gasteiger partial charge in [-0.2, -0.15) is 8.42 Å². The van der Waals surface area contributed by atoms with E-state index in [1.54, 1.807) is 32.9 Å². The van der Waals surface area contributed by atoms with E-state index in [4.69, 9.17) is 4.18 Å². The first kappa shape index (κ1) is 15.2. The molecule has 1 rings (SSSR count). The van der Waals surface area contributed by atoms with Crippen molar-refractivity contribution in [2.24, 2.45) is 0 Å².